The quantitative estimate of drug-likeness (QED) is 0.609. The van der Waals surface area contributed by atoms with Crippen LogP contribution in [0, 0.1) is 5.82 Å². The Hall–Kier alpha value is -1.43. The second kappa shape index (κ2) is 6.34. The third-order valence-electron chi connectivity index (χ3n) is 2.13. The van der Waals surface area contributed by atoms with Crippen molar-refractivity contribution in [1.29, 1.82) is 0 Å². The summed E-state index contributed by atoms with van der Waals surface area (Å²) in [6, 6.07) is 3.85. The zero-order valence-electron chi connectivity index (χ0n) is 9.53. The molecule has 0 aliphatic rings. The molecule has 0 spiro atoms. The lowest BCUT2D eigenvalue weighted by Gasteiger charge is -2.06. The number of amides is 1. The van der Waals surface area contributed by atoms with Crippen molar-refractivity contribution in [2.45, 2.75) is 6.42 Å². The lowest BCUT2D eigenvalue weighted by molar-refractivity contribution is 0.0950. The van der Waals surface area contributed by atoms with E-state index < -0.39 is 22.5 Å². The smallest absolute Gasteiger partial charge is 0.254 e. The Balaban J connectivity index is 2.52. The van der Waals surface area contributed by atoms with Gasteiger partial charge < -0.3 is 11.1 Å². The predicted octanol–water partition coefficient (Wildman–Crippen LogP) is 0.906. The summed E-state index contributed by atoms with van der Waals surface area (Å²) in [5.74, 6) is -0.591. The van der Waals surface area contributed by atoms with Gasteiger partial charge in [-0.1, -0.05) is 0 Å². The minimum Gasteiger partial charge on any atom is -0.399 e. The molecule has 0 aliphatic carbocycles. The highest BCUT2D eigenvalue weighted by atomic mass is 32.2. The number of carbonyl (C=O) groups is 1. The molecule has 6 heteroatoms. The Bertz CT molecular complexity index is 437. The summed E-state index contributed by atoms with van der Waals surface area (Å²) in [4.78, 5) is 11.6. The molecule has 0 aromatic heterocycles. The minimum absolute atomic E-state index is 0.0670. The molecule has 1 unspecified atom stereocenters. The highest BCUT2D eigenvalue weighted by Gasteiger charge is 2.11. The first-order chi connectivity index (χ1) is 8.00. The van der Waals surface area contributed by atoms with Gasteiger partial charge in [0.15, 0.2) is 0 Å². The predicted molar refractivity (Wildman–Crippen MR) is 66.7 cm³/mol. The monoisotopic (exact) mass is 258 g/mol. The summed E-state index contributed by atoms with van der Waals surface area (Å²) in [5, 5.41) is 2.55. The van der Waals surface area contributed by atoms with E-state index in [4.69, 9.17) is 5.73 Å². The maximum atomic E-state index is 13.3. The topological polar surface area (TPSA) is 72.2 Å². The Morgan fingerprint density at radius 2 is 2.24 bits per heavy atom. The molecule has 0 fully saturated rings. The molecule has 0 saturated heterocycles. The van der Waals surface area contributed by atoms with Crippen molar-refractivity contribution >= 4 is 22.4 Å². The van der Waals surface area contributed by atoms with Crippen molar-refractivity contribution < 1.29 is 13.4 Å². The molecule has 3 N–H and O–H groups in total. The Morgan fingerprint density at radius 1 is 1.53 bits per heavy atom. The third kappa shape index (κ3) is 4.52. The number of nitrogens with one attached hydrogen (secondary N) is 1. The van der Waals surface area contributed by atoms with E-state index in [0.717, 1.165) is 6.07 Å². The Labute approximate surface area is 102 Å². The summed E-state index contributed by atoms with van der Waals surface area (Å²) in [6.07, 6.45) is 2.19. The first kappa shape index (κ1) is 13.6. The van der Waals surface area contributed by atoms with Crippen LogP contribution in [0.25, 0.3) is 0 Å². The Morgan fingerprint density at radius 3 is 2.88 bits per heavy atom. The van der Waals surface area contributed by atoms with Gasteiger partial charge in [0.2, 0.25) is 0 Å². The second-order valence-electron chi connectivity index (χ2n) is 3.63. The molecule has 0 radical (unpaired) electrons. The van der Waals surface area contributed by atoms with Gasteiger partial charge in [0.1, 0.15) is 5.82 Å². The van der Waals surface area contributed by atoms with E-state index in [1.165, 1.54) is 12.1 Å². The third-order valence-corrected chi connectivity index (χ3v) is 2.99. The average molecular weight is 258 g/mol. The first-order valence-electron chi connectivity index (χ1n) is 5.14. The molecular formula is C11H15FN2O2S. The van der Waals surface area contributed by atoms with Gasteiger partial charge in [0.25, 0.3) is 5.91 Å². The minimum atomic E-state index is -0.878. The van der Waals surface area contributed by atoms with Crippen LogP contribution in [0.5, 0.6) is 0 Å². The van der Waals surface area contributed by atoms with E-state index in [1.54, 1.807) is 6.26 Å². The summed E-state index contributed by atoms with van der Waals surface area (Å²) < 4.78 is 24.1. The number of halogens is 1. The fraction of sp³-hybridized carbons (Fsp3) is 0.364. The van der Waals surface area contributed by atoms with Crippen LogP contribution in [0.3, 0.4) is 0 Å². The maximum Gasteiger partial charge on any atom is 0.254 e. The van der Waals surface area contributed by atoms with Crippen molar-refractivity contribution in [2.75, 3.05) is 24.3 Å². The average Bonchev–Trinajstić information content (AvgIpc) is 2.27. The van der Waals surface area contributed by atoms with E-state index in [1.807, 2.05) is 0 Å². The number of nitrogen functional groups attached to an aromatic ring is 1. The van der Waals surface area contributed by atoms with E-state index in [0.29, 0.717) is 24.4 Å². The molecule has 1 amide bonds. The standard InChI is InChI=1S/C11H15FN2O2S/c1-17(16)6-2-5-14-11(15)9-7-8(13)3-4-10(9)12/h3-4,7H,2,5-6,13H2,1H3,(H,14,15). The van der Waals surface area contributed by atoms with E-state index >= 15 is 0 Å². The lowest BCUT2D eigenvalue weighted by atomic mass is 10.2. The zero-order valence-corrected chi connectivity index (χ0v) is 10.3. The number of carbonyl (C=O) groups excluding carboxylic acids is 1. The molecule has 1 aromatic carbocycles. The van der Waals surface area contributed by atoms with Gasteiger partial charge in [-0.2, -0.15) is 0 Å². The molecular weight excluding hydrogens is 243 g/mol. The summed E-state index contributed by atoms with van der Waals surface area (Å²) >= 11 is 0. The van der Waals surface area contributed by atoms with Gasteiger partial charge in [-0.25, -0.2) is 4.39 Å². The fourth-order valence-electron chi connectivity index (χ4n) is 1.29. The van der Waals surface area contributed by atoms with Gasteiger partial charge in [0, 0.05) is 35.0 Å². The van der Waals surface area contributed by atoms with E-state index in [-0.39, 0.29) is 5.56 Å². The number of nitrogens with two attached hydrogens (primary N) is 1. The van der Waals surface area contributed by atoms with Crippen LogP contribution < -0.4 is 11.1 Å². The van der Waals surface area contributed by atoms with Crippen LogP contribution in [-0.4, -0.2) is 28.7 Å². The molecule has 1 aromatic rings. The van der Waals surface area contributed by atoms with Crippen LogP contribution in [0.4, 0.5) is 10.1 Å². The van der Waals surface area contributed by atoms with Gasteiger partial charge >= 0.3 is 0 Å². The SMILES string of the molecule is CS(=O)CCCNC(=O)c1cc(N)ccc1F. The van der Waals surface area contributed by atoms with Crippen LogP contribution in [0.1, 0.15) is 16.8 Å². The van der Waals surface area contributed by atoms with Crippen LogP contribution in [-0.2, 0) is 10.8 Å². The highest BCUT2D eigenvalue weighted by molar-refractivity contribution is 7.84. The zero-order chi connectivity index (χ0) is 12.8. The number of anilines is 1. The Kier molecular flexibility index (Phi) is 5.09. The number of benzene rings is 1. The molecule has 1 atom stereocenters. The molecule has 4 nitrogen and oxygen atoms in total. The molecule has 0 saturated carbocycles. The molecule has 0 aliphatic heterocycles. The summed E-state index contributed by atoms with van der Waals surface area (Å²) in [6.45, 7) is 0.368. The summed E-state index contributed by atoms with van der Waals surface area (Å²) in [7, 11) is -0.878. The van der Waals surface area contributed by atoms with Gasteiger partial charge in [-0.15, -0.1) is 0 Å². The van der Waals surface area contributed by atoms with Crippen molar-refractivity contribution in [1.82, 2.24) is 5.32 Å². The van der Waals surface area contributed by atoms with Crippen molar-refractivity contribution in [2.24, 2.45) is 0 Å². The normalized spacial score (nSPS) is 12.1. The molecule has 17 heavy (non-hydrogen) atoms. The van der Waals surface area contributed by atoms with Gasteiger partial charge in [-0.05, 0) is 24.6 Å². The number of hydrogen-bond donors (Lipinski definition) is 2. The maximum absolute atomic E-state index is 13.3. The highest BCUT2D eigenvalue weighted by Crippen LogP contribution is 2.11. The van der Waals surface area contributed by atoms with E-state index in [9.17, 15) is 13.4 Å². The molecule has 0 heterocycles. The van der Waals surface area contributed by atoms with Crippen LogP contribution >= 0.6 is 0 Å². The number of hydrogen-bond acceptors (Lipinski definition) is 3. The van der Waals surface area contributed by atoms with Crippen molar-refractivity contribution in [3.8, 4) is 0 Å². The van der Waals surface area contributed by atoms with Gasteiger partial charge in [-0.3, -0.25) is 9.00 Å². The van der Waals surface area contributed by atoms with Crippen LogP contribution in [0.2, 0.25) is 0 Å². The summed E-state index contributed by atoms with van der Waals surface area (Å²) in [5.41, 5.74) is 5.75. The largest absolute Gasteiger partial charge is 0.399 e. The molecule has 94 valence electrons. The van der Waals surface area contributed by atoms with E-state index in [2.05, 4.69) is 5.32 Å². The second-order valence-corrected chi connectivity index (χ2v) is 5.18. The van der Waals surface area contributed by atoms with Gasteiger partial charge in [0.05, 0.1) is 5.56 Å². The molecule has 1 rings (SSSR count). The first-order valence-corrected chi connectivity index (χ1v) is 6.86. The lowest BCUT2D eigenvalue weighted by Crippen LogP contribution is -2.26. The molecule has 0 bridgehead atoms. The number of rotatable bonds is 5. The fourth-order valence-corrected chi connectivity index (χ4v) is 1.84. The van der Waals surface area contributed by atoms with Crippen molar-refractivity contribution in [3.63, 3.8) is 0 Å². The van der Waals surface area contributed by atoms with Crippen molar-refractivity contribution in [3.05, 3.63) is 29.6 Å². The van der Waals surface area contributed by atoms with Crippen LogP contribution in [0.15, 0.2) is 18.2 Å².